The first-order valence-corrected chi connectivity index (χ1v) is 30.9. The van der Waals surface area contributed by atoms with E-state index in [0.29, 0.717) is 22.5 Å². The van der Waals surface area contributed by atoms with Crippen LogP contribution in [0.4, 0.5) is 51.7 Å². The van der Waals surface area contributed by atoms with E-state index in [1.54, 1.807) is 0 Å². The normalized spacial score (nSPS) is 12.1. The molecule has 0 bridgehead atoms. The molecule has 10 aromatic carbocycles. The third-order valence-corrected chi connectivity index (χ3v) is 18.2. The maximum absolute atomic E-state index is 17.2. The highest BCUT2D eigenvalue weighted by molar-refractivity contribution is 6.89. The van der Waals surface area contributed by atoms with Crippen molar-refractivity contribution < 1.29 is 17.6 Å². The highest BCUT2D eigenvalue weighted by Crippen LogP contribution is 2.52. The summed E-state index contributed by atoms with van der Waals surface area (Å²) in [6, 6.07) is 50.0. The minimum atomic E-state index is -1.73. The molecule has 0 heterocycles. The molecule has 0 aliphatic carbocycles. The molecule has 350 valence electrons. The molecule has 8 heteroatoms. The van der Waals surface area contributed by atoms with Crippen LogP contribution in [0.25, 0.3) is 54.6 Å². The van der Waals surface area contributed by atoms with E-state index in [4.69, 9.17) is 0 Å². The van der Waals surface area contributed by atoms with Crippen molar-refractivity contribution in [2.24, 2.45) is 0 Å². The molecule has 0 saturated carbocycles. The van der Waals surface area contributed by atoms with E-state index < -0.39 is 39.4 Å². The monoisotopic (exact) mass is 960 g/mol. The number of hydrogen-bond acceptors (Lipinski definition) is 2. The average Bonchev–Trinajstić information content (AvgIpc) is 3.30. The van der Waals surface area contributed by atoms with Crippen molar-refractivity contribution in [3.05, 3.63) is 203 Å². The largest absolute Gasteiger partial charge is 0.307 e. The second-order valence-electron chi connectivity index (χ2n) is 21.0. The summed E-state index contributed by atoms with van der Waals surface area (Å²) in [7, 11) is -3.46. The molecule has 0 atom stereocenters. The maximum Gasteiger partial charge on any atom is 0.150 e. The van der Waals surface area contributed by atoms with Gasteiger partial charge in [0.15, 0.2) is 11.6 Å². The number of benzene rings is 10. The van der Waals surface area contributed by atoms with E-state index in [9.17, 15) is 0 Å². The minimum absolute atomic E-state index is 0.244. The molecule has 0 aliphatic heterocycles. The van der Waals surface area contributed by atoms with E-state index >= 15 is 17.6 Å². The SMILES string of the molecule is Cc1cccc(C)c1-c1cc(F)cc(F)c1N(c1ccc([Si](C)(C)C)cc1)c1ccc2ccc3c(N(c4ccc([Si](C)(C)C)cc4)c4c(F)cc(F)cc4-c4c(C)cccc4C)ccc4ccc1c2c43. The number of hydrogen-bond donors (Lipinski definition) is 0. The molecular formula is C62H56F4N2Si2. The van der Waals surface area contributed by atoms with Crippen LogP contribution in [-0.4, -0.2) is 16.1 Å². The van der Waals surface area contributed by atoms with Gasteiger partial charge in [-0.25, -0.2) is 17.6 Å². The van der Waals surface area contributed by atoms with Gasteiger partial charge in [0, 0.05) is 45.4 Å². The second kappa shape index (κ2) is 17.4. The fraction of sp³-hybridized carbons (Fsp3) is 0.161. The molecule has 0 aromatic heterocycles. The molecule has 0 unspecified atom stereocenters. The molecule has 10 rings (SSSR count). The van der Waals surface area contributed by atoms with Gasteiger partial charge in [0.1, 0.15) is 11.6 Å². The van der Waals surface area contributed by atoms with Crippen molar-refractivity contribution in [3.63, 3.8) is 0 Å². The van der Waals surface area contributed by atoms with Crippen molar-refractivity contribution >= 4 is 93.0 Å². The number of rotatable bonds is 10. The molecule has 0 saturated heterocycles. The van der Waals surface area contributed by atoms with Gasteiger partial charge in [0.25, 0.3) is 0 Å². The van der Waals surface area contributed by atoms with E-state index in [1.807, 2.05) is 86.0 Å². The number of aryl methyl sites for hydroxylation is 4. The van der Waals surface area contributed by atoms with E-state index in [0.717, 1.165) is 89.2 Å². The Hall–Kier alpha value is -7.01. The lowest BCUT2D eigenvalue weighted by Gasteiger charge is -2.32. The Labute approximate surface area is 410 Å². The summed E-state index contributed by atoms with van der Waals surface area (Å²) < 4.78 is 65.8. The first-order valence-electron chi connectivity index (χ1n) is 23.9. The fourth-order valence-corrected chi connectivity index (χ4v) is 12.9. The minimum Gasteiger partial charge on any atom is -0.307 e. The predicted molar refractivity (Wildman–Crippen MR) is 295 cm³/mol. The van der Waals surface area contributed by atoms with Crippen LogP contribution in [-0.2, 0) is 0 Å². The Bertz CT molecular complexity index is 3380. The zero-order chi connectivity index (χ0) is 49.6. The standard InChI is InChI=1S/C62H56F4N2Si2/c1-37-13-11-14-38(2)57(37)51-33-43(63)35-53(65)61(51)67(45-21-25-47(26-22-45)69(5,6)7)55-31-19-41-18-30-50-56(32-20-42-17-29-49(55)59(41)60(42)50)68(46-23-27-48(28-24-46)70(8,9)10)62-52(34-44(64)36-54(62)66)58-39(3)15-12-16-40(58)4/h11-36H,1-10H3. The second-order valence-corrected chi connectivity index (χ2v) is 31.1. The number of nitrogens with zero attached hydrogens (tertiary/aromatic N) is 2. The zero-order valence-corrected chi connectivity index (χ0v) is 43.4. The lowest BCUT2D eigenvalue weighted by atomic mass is 9.90. The molecule has 0 spiro atoms. The Morgan fingerprint density at radius 1 is 0.371 bits per heavy atom. The highest BCUT2D eigenvalue weighted by Gasteiger charge is 2.30. The summed E-state index contributed by atoms with van der Waals surface area (Å²) in [6.45, 7) is 21.7. The molecule has 70 heavy (non-hydrogen) atoms. The Kier molecular flexibility index (Phi) is 11.6. The Morgan fingerprint density at radius 3 is 1.03 bits per heavy atom. The Balaban J connectivity index is 1.28. The summed E-state index contributed by atoms with van der Waals surface area (Å²) in [5, 5.41) is 8.04. The first-order chi connectivity index (χ1) is 33.3. The van der Waals surface area contributed by atoms with Crippen LogP contribution in [0.5, 0.6) is 0 Å². The predicted octanol–water partition coefficient (Wildman–Crippen LogP) is 17.7. The van der Waals surface area contributed by atoms with Crippen LogP contribution in [0.3, 0.4) is 0 Å². The van der Waals surface area contributed by atoms with Crippen LogP contribution in [0.15, 0.2) is 158 Å². The van der Waals surface area contributed by atoms with Gasteiger partial charge in [-0.15, -0.1) is 0 Å². The van der Waals surface area contributed by atoms with Gasteiger partial charge < -0.3 is 9.80 Å². The van der Waals surface area contributed by atoms with Crippen molar-refractivity contribution in [1.82, 2.24) is 0 Å². The summed E-state index contributed by atoms with van der Waals surface area (Å²) in [5.41, 5.74) is 9.44. The van der Waals surface area contributed by atoms with E-state index in [-0.39, 0.29) is 11.4 Å². The van der Waals surface area contributed by atoms with Crippen LogP contribution in [0.2, 0.25) is 39.3 Å². The van der Waals surface area contributed by atoms with Gasteiger partial charge in [-0.05, 0) is 131 Å². The van der Waals surface area contributed by atoms with Crippen LogP contribution in [0.1, 0.15) is 22.3 Å². The molecular weight excluding hydrogens is 905 g/mol. The zero-order valence-electron chi connectivity index (χ0n) is 41.4. The van der Waals surface area contributed by atoms with E-state index in [1.165, 1.54) is 22.5 Å². The van der Waals surface area contributed by atoms with Gasteiger partial charge in [0.05, 0.1) is 38.9 Å². The van der Waals surface area contributed by atoms with Crippen molar-refractivity contribution in [1.29, 1.82) is 0 Å². The van der Waals surface area contributed by atoms with Crippen molar-refractivity contribution in [3.8, 4) is 22.3 Å². The fourth-order valence-electron chi connectivity index (χ4n) is 10.6. The molecule has 2 nitrogen and oxygen atoms in total. The highest BCUT2D eigenvalue weighted by atomic mass is 28.3. The van der Waals surface area contributed by atoms with E-state index in [2.05, 4.69) is 124 Å². The van der Waals surface area contributed by atoms with Crippen LogP contribution in [0, 0.1) is 51.0 Å². The molecule has 0 radical (unpaired) electrons. The van der Waals surface area contributed by atoms with Crippen LogP contribution >= 0.6 is 0 Å². The quantitative estimate of drug-likeness (QED) is 0.0766. The van der Waals surface area contributed by atoms with Crippen LogP contribution < -0.4 is 20.2 Å². The lowest BCUT2D eigenvalue weighted by molar-refractivity contribution is 0.584. The van der Waals surface area contributed by atoms with Crippen molar-refractivity contribution in [2.75, 3.05) is 9.80 Å². The first kappa shape index (κ1) is 46.7. The molecule has 0 amide bonds. The van der Waals surface area contributed by atoms with Gasteiger partial charge in [-0.2, -0.15) is 0 Å². The third-order valence-electron chi connectivity index (χ3n) is 14.1. The molecule has 0 N–H and O–H groups in total. The summed E-state index contributed by atoms with van der Waals surface area (Å²) in [4.78, 5) is 3.90. The molecule has 0 fully saturated rings. The average molecular weight is 961 g/mol. The number of anilines is 6. The van der Waals surface area contributed by atoms with Gasteiger partial charge in [-0.3, -0.25) is 0 Å². The summed E-state index contributed by atoms with van der Waals surface area (Å²) in [5.74, 6) is -2.68. The smallest absolute Gasteiger partial charge is 0.150 e. The third kappa shape index (κ3) is 8.06. The lowest BCUT2D eigenvalue weighted by Crippen LogP contribution is -2.37. The summed E-state index contributed by atoms with van der Waals surface area (Å²) >= 11 is 0. The summed E-state index contributed by atoms with van der Waals surface area (Å²) in [6.07, 6.45) is 0. The van der Waals surface area contributed by atoms with Gasteiger partial charge in [-0.1, -0.05) is 147 Å². The number of halogens is 4. The topological polar surface area (TPSA) is 6.48 Å². The molecule has 10 aromatic rings. The molecule has 0 aliphatic rings. The Morgan fingerprint density at radius 2 is 0.700 bits per heavy atom. The maximum atomic E-state index is 17.2. The van der Waals surface area contributed by atoms with Gasteiger partial charge in [0.2, 0.25) is 0 Å². The van der Waals surface area contributed by atoms with Crippen molar-refractivity contribution in [2.45, 2.75) is 67.0 Å². The van der Waals surface area contributed by atoms with Gasteiger partial charge >= 0.3 is 0 Å².